The molecule has 2 unspecified atom stereocenters. The first-order chi connectivity index (χ1) is 9.76. The van der Waals surface area contributed by atoms with Gasteiger partial charge >= 0.3 is 0 Å². The van der Waals surface area contributed by atoms with Crippen molar-refractivity contribution in [3.05, 3.63) is 24.3 Å². The Hall–Kier alpha value is -1.73. The summed E-state index contributed by atoms with van der Waals surface area (Å²) in [5.41, 5.74) is 1.08. The molecule has 4 heteroatoms. The summed E-state index contributed by atoms with van der Waals surface area (Å²) in [5, 5.41) is 12.1. The van der Waals surface area contributed by atoms with Gasteiger partial charge in [0.25, 0.3) is 0 Å². The van der Waals surface area contributed by atoms with Crippen LogP contribution in [-0.4, -0.2) is 36.2 Å². The molecule has 106 valence electrons. The third-order valence-corrected chi connectivity index (χ3v) is 4.15. The van der Waals surface area contributed by atoms with Crippen LogP contribution in [0.4, 0.5) is 5.69 Å². The van der Waals surface area contributed by atoms with Crippen LogP contribution in [0.2, 0.25) is 0 Å². The highest BCUT2D eigenvalue weighted by atomic mass is 16.5. The number of ether oxygens (including phenoxy) is 1. The SMILES string of the molecule is CC1CC(Nc2cccc(OCC#N)c2)CN1C1CC1. The van der Waals surface area contributed by atoms with Crippen LogP contribution in [-0.2, 0) is 0 Å². The molecule has 1 aromatic carbocycles. The van der Waals surface area contributed by atoms with E-state index in [4.69, 9.17) is 10.00 Å². The Labute approximate surface area is 120 Å². The Morgan fingerprint density at radius 2 is 2.30 bits per heavy atom. The molecular weight excluding hydrogens is 250 g/mol. The van der Waals surface area contributed by atoms with E-state index in [9.17, 15) is 0 Å². The van der Waals surface area contributed by atoms with Crippen LogP contribution in [0.15, 0.2) is 24.3 Å². The molecular formula is C16H21N3O. The molecule has 0 amide bonds. The quantitative estimate of drug-likeness (QED) is 0.894. The predicted molar refractivity (Wildman–Crippen MR) is 78.8 cm³/mol. The fourth-order valence-corrected chi connectivity index (χ4v) is 3.10. The van der Waals surface area contributed by atoms with Crippen LogP contribution in [0.25, 0.3) is 0 Å². The maximum atomic E-state index is 8.55. The summed E-state index contributed by atoms with van der Waals surface area (Å²) in [6.45, 7) is 3.56. The van der Waals surface area contributed by atoms with Crippen LogP contribution >= 0.6 is 0 Å². The normalized spacial score (nSPS) is 26.2. The zero-order valence-corrected chi connectivity index (χ0v) is 11.9. The second-order valence-electron chi connectivity index (χ2n) is 5.83. The highest BCUT2D eigenvalue weighted by Gasteiger charge is 2.38. The third-order valence-electron chi connectivity index (χ3n) is 4.15. The minimum atomic E-state index is 0.0966. The third kappa shape index (κ3) is 3.05. The minimum Gasteiger partial charge on any atom is -0.479 e. The number of hydrogen-bond donors (Lipinski definition) is 1. The zero-order valence-electron chi connectivity index (χ0n) is 11.9. The second-order valence-corrected chi connectivity index (χ2v) is 5.83. The van der Waals surface area contributed by atoms with Crippen LogP contribution < -0.4 is 10.1 Å². The van der Waals surface area contributed by atoms with Crippen molar-refractivity contribution in [2.45, 2.75) is 44.3 Å². The van der Waals surface area contributed by atoms with Crippen LogP contribution in [0.1, 0.15) is 26.2 Å². The summed E-state index contributed by atoms with van der Waals surface area (Å²) in [6, 6.07) is 11.9. The van der Waals surface area contributed by atoms with Gasteiger partial charge in [0.15, 0.2) is 6.61 Å². The van der Waals surface area contributed by atoms with Crippen molar-refractivity contribution in [3.63, 3.8) is 0 Å². The summed E-state index contributed by atoms with van der Waals surface area (Å²) in [7, 11) is 0. The fraction of sp³-hybridized carbons (Fsp3) is 0.562. The summed E-state index contributed by atoms with van der Waals surface area (Å²) < 4.78 is 5.34. The zero-order chi connectivity index (χ0) is 13.9. The molecule has 2 aliphatic rings. The highest BCUT2D eigenvalue weighted by Crippen LogP contribution is 2.34. The van der Waals surface area contributed by atoms with E-state index in [1.165, 1.54) is 19.3 Å². The maximum Gasteiger partial charge on any atom is 0.174 e. The Kier molecular flexibility index (Phi) is 3.79. The molecule has 0 aromatic heterocycles. The first-order valence-corrected chi connectivity index (χ1v) is 7.38. The highest BCUT2D eigenvalue weighted by molar-refractivity contribution is 5.49. The Morgan fingerprint density at radius 1 is 1.45 bits per heavy atom. The number of likely N-dealkylation sites (tertiary alicyclic amines) is 1. The number of hydrogen-bond acceptors (Lipinski definition) is 4. The Morgan fingerprint density at radius 3 is 3.05 bits per heavy atom. The van der Waals surface area contributed by atoms with E-state index in [1.54, 1.807) is 0 Å². The first kappa shape index (κ1) is 13.3. The van der Waals surface area contributed by atoms with Gasteiger partial charge in [0.1, 0.15) is 11.8 Å². The van der Waals surface area contributed by atoms with Gasteiger partial charge in [0.05, 0.1) is 0 Å². The number of nitrogens with one attached hydrogen (secondary N) is 1. The number of nitriles is 1. The lowest BCUT2D eigenvalue weighted by Gasteiger charge is -2.20. The molecule has 20 heavy (non-hydrogen) atoms. The van der Waals surface area contributed by atoms with Crippen molar-refractivity contribution < 1.29 is 4.74 Å². The topological polar surface area (TPSA) is 48.3 Å². The molecule has 0 bridgehead atoms. The van der Waals surface area contributed by atoms with Gasteiger partial charge in [-0.15, -0.1) is 0 Å². The van der Waals surface area contributed by atoms with E-state index in [0.29, 0.717) is 12.1 Å². The molecule has 2 atom stereocenters. The molecule has 1 saturated heterocycles. The lowest BCUT2D eigenvalue weighted by molar-refractivity contribution is 0.257. The molecule has 1 aliphatic heterocycles. The van der Waals surface area contributed by atoms with Gasteiger partial charge < -0.3 is 10.1 Å². The van der Waals surface area contributed by atoms with Crippen molar-refractivity contribution in [2.24, 2.45) is 0 Å². The van der Waals surface area contributed by atoms with Crippen LogP contribution in [0.5, 0.6) is 5.75 Å². The Bertz CT molecular complexity index is 507. The van der Waals surface area contributed by atoms with Crippen molar-refractivity contribution in [1.82, 2.24) is 4.90 Å². The summed E-state index contributed by atoms with van der Waals surface area (Å²) in [5.74, 6) is 0.752. The molecule has 1 saturated carbocycles. The van der Waals surface area contributed by atoms with E-state index in [1.807, 2.05) is 24.3 Å². The van der Waals surface area contributed by atoms with E-state index in [2.05, 4.69) is 23.2 Å². The van der Waals surface area contributed by atoms with Gasteiger partial charge in [-0.3, -0.25) is 4.90 Å². The van der Waals surface area contributed by atoms with E-state index >= 15 is 0 Å². The summed E-state index contributed by atoms with van der Waals surface area (Å²) >= 11 is 0. The molecule has 4 nitrogen and oxygen atoms in total. The van der Waals surface area contributed by atoms with Crippen LogP contribution in [0.3, 0.4) is 0 Å². The molecule has 1 aliphatic carbocycles. The molecule has 0 spiro atoms. The predicted octanol–water partition coefficient (Wildman–Crippen LogP) is 2.63. The second kappa shape index (κ2) is 5.72. The number of rotatable bonds is 5. The maximum absolute atomic E-state index is 8.55. The van der Waals surface area contributed by atoms with E-state index in [0.717, 1.165) is 24.0 Å². The standard InChI is InChI=1S/C16H21N3O/c1-12-9-14(11-19(12)15-5-6-15)18-13-3-2-4-16(10-13)20-8-7-17/h2-4,10,12,14-15,18H,5-6,8-9,11H2,1H3. The van der Waals surface area contributed by atoms with E-state index < -0.39 is 0 Å². The van der Waals surface area contributed by atoms with Gasteiger partial charge in [-0.25, -0.2) is 0 Å². The van der Waals surface area contributed by atoms with Gasteiger partial charge in [0, 0.05) is 36.4 Å². The molecule has 1 aromatic rings. The van der Waals surface area contributed by atoms with Crippen molar-refractivity contribution in [1.29, 1.82) is 5.26 Å². The van der Waals surface area contributed by atoms with Gasteiger partial charge in [-0.2, -0.15) is 5.26 Å². The summed E-state index contributed by atoms with van der Waals surface area (Å²) in [4.78, 5) is 2.63. The number of anilines is 1. The average molecular weight is 271 g/mol. The lowest BCUT2D eigenvalue weighted by atomic mass is 10.2. The lowest BCUT2D eigenvalue weighted by Crippen LogP contribution is -2.30. The van der Waals surface area contributed by atoms with Crippen molar-refractivity contribution in [3.8, 4) is 11.8 Å². The molecule has 1 N–H and O–H groups in total. The Balaban J connectivity index is 1.59. The van der Waals surface area contributed by atoms with Gasteiger partial charge in [0.2, 0.25) is 0 Å². The van der Waals surface area contributed by atoms with Gasteiger partial charge in [-0.05, 0) is 38.3 Å². The van der Waals surface area contributed by atoms with Crippen molar-refractivity contribution >= 4 is 5.69 Å². The number of nitrogens with zero attached hydrogens (tertiary/aromatic N) is 2. The van der Waals surface area contributed by atoms with Gasteiger partial charge in [-0.1, -0.05) is 6.07 Å². The number of benzene rings is 1. The largest absolute Gasteiger partial charge is 0.479 e. The minimum absolute atomic E-state index is 0.0966. The first-order valence-electron chi connectivity index (χ1n) is 7.38. The molecule has 0 radical (unpaired) electrons. The summed E-state index contributed by atoms with van der Waals surface area (Å²) in [6.07, 6.45) is 3.93. The van der Waals surface area contributed by atoms with E-state index in [-0.39, 0.29) is 6.61 Å². The smallest absolute Gasteiger partial charge is 0.174 e. The monoisotopic (exact) mass is 271 g/mol. The van der Waals surface area contributed by atoms with Crippen molar-refractivity contribution in [2.75, 3.05) is 18.5 Å². The average Bonchev–Trinajstić information content (AvgIpc) is 3.22. The van der Waals surface area contributed by atoms with Crippen LogP contribution in [0, 0.1) is 11.3 Å². The fourth-order valence-electron chi connectivity index (χ4n) is 3.10. The molecule has 1 heterocycles. The molecule has 3 rings (SSSR count). The molecule has 2 fully saturated rings.